The van der Waals surface area contributed by atoms with Crippen molar-refractivity contribution in [3.8, 4) is 0 Å². The summed E-state index contributed by atoms with van der Waals surface area (Å²) in [7, 11) is 1.52. The average Bonchev–Trinajstić information content (AvgIpc) is 3.05. The predicted molar refractivity (Wildman–Crippen MR) is 112 cm³/mol. The molecule has 152 valence electrons. The van der Waals surface area contributed by atoms with Crippen LogP contribution in [0.1, 0.15) is 12.0 Å². The lowest BCUT2D eigenvalue weighted by molar-refractivity contribution is -0.137. The van der Waals surface area contributed by atoms with E-state index >= 15 is 0 Å². The van der Waals surface area contributed by atoms with Gasteiger partial charge in [-0.2, -0.15) is 0 Å². The van der Waals surface area contributed by atoms with Crippen LogP contribution in [0.4, 0.5) is 15.8 Å². The fourth-order valence-electron chi connectivity index (χ4n) is 3.34. The van der Waals surface area contributed by atoms with Gasteiger partial charge in [0.1, 0.15) is 5.82 Å². The summed E-state index contributed by atoms with van der Waals surface area (Å²) < 4.78 is 14.9. The summed E-state index contributed by atoms with van der Waals surface area (Å²) in [5.41, 5.74) is 1.73. The molecule has 6 nitrogen and oxygen atoms in total. The zero-order chi connectivity index (χ0) is 21.1. The van der Waals surface area contributed by atoms with E-state index in [-0.39, 0.29) is 42.9 Å². The van der Waals surface area contributed by atoms with Gasteiger partial charge in [0, 0.05) is 30.2 Å². The second-order valence-corrected chi connectivity index (χ2v) is 7.97. The third kappa shape index (κ3) is 4.82. The number of halogens is 2. The fraction of sp³-hybridized carbons (Fsp3) is 0.286. The van der Waals surface area contributed by atoms with Gasteiger partial charge >= 0.3 is 0 Å². The normalized spacial score (nSPS) is 16.1. The van der Waals surface area contributed by atoms with E-state index in [0.717, 1.165) is 10.0 Å². The number of aryl methyl sites for hydroxylation is 1. The molecule has 2 aromatic rings. The number of hydrogen-bond acceptors (Lipinski definition) is 3. The van der Waals surface area contributed by atoms with Crippen LogP contribution in [0.15, 0.2) is 46.9 Å². The van der Waals surface area contributed by atoms with Crippen LogP contribution < -0.4 is 10.2 Å². The van der Waals surface area contributed by atoms with Crippen LogP contribution in [-0.4, -0.2) is 42.8 Å². The third-order valence-electron chi connectivity index (χ3n) is 4.84. The number of nitrogens with zero attached hydrogens (tertiary/aromatic N) is 2. The topological polar surface area (TPSA) is 69.7 Å². The molecule has 1 unspecified atom stereocenters. The molecule has 1 aliphatic heterocycles. The molecule has 0 saturated carbocycles. The molecule has 1 fully saturated rings. The van der Waals surface area contributed by atoms with E-state index in [0.29, 0.717) is 5.69 Å². The number of anilines is 2. The molecule has 1 saturated heterocycles. The van der Waals surface area contributed by atoms with Gasteiger partial charge in [-0.1, -0.05) is 28.1 Å². The lowest BCUT2D eigenvalue weighted by atomic mass is 10.1. The summed E-state index contributed by atoms with van der Waals surface area (Å²) >= 11 is 3.37. The molecule has 8 heteroatoms. The van der Waals surface area contributed by atoms with E-state index in [1.54, 1.807) is 18.2 Å². The van der Waals surface area contributed by atoms with Gasteiger partial charge in [-0.3, -0.25) is 14.4 Å². The monoisotopic (exact) mass is 461 g/mol. The van der Waals surface area contributed by atoms with Crippen molar-refractivity contribution >= 4 is 45.0 Å². The van der Waals surface area contributed by atoms with Crippen LogP contribution in [0.5, 0.6) is 0 Å². The molecule has 29 heavy (non-hydrogen) atoms. The van der Waals surface area contributed by atoms with E-state index in [9.17, 15) is 18.8 Å². The number of likely N-dealkylation sites (N-methyl/N-ethyl adjacent to an activating group) is 1. The Bertz CT molecular complexity index is 966. The summed E-state index contributed by atoms with van der Waals surface area (Å²) in [6.07, 6.45) is -0.00898. The molecule has 1 aliphatic rings. The van der Waals surface area contributed by atoms with Gasteiger partial charge in [0.2, 0.25) is 17.7 Å². The van der Waals surface area contributed by atoms with Crippen LogP contribution in [0, 0.1) is 18.7 Å². The first-order valence-corrected chi connectivity index (χ1v) is 9.91. The summed E-state index contributed by atoms with van der Waals surface area (Å²) in [5, 5.41) is 2.78. The van der Waals surface area contributed by atoms with Crippen LogP contribution in [0.2, 0.25) is 0 Å². The number of carbonyl (C=O) groups excluding carboxylic acids is 3. The van der Waals surface area contributed by atoms with E-state index in [1.165, 1.54) is 29.0 Å². The van der Waals surface area contributed by atoms with E-state index in [4.69, 9.17) is 0 Å². The summed E-state index contributed by atoms with van der Waals surface area (Å²) in [6.45, 7) is 1.83. The highest BCUT2D eigenvalue weighted by molar-refractivity contribution is 9.10. The highest BCUT2D eigenvalue weighted by Gasteiger charge is 2.37. The van der Waals surface area contributed by atoms with E-state index < -0.39 is 11.7 Å². The first kappa shape index (κ1) is 21.0. The molecule has 1 N–H and O–H groups in total. The zero-order valence-electron chi connectivity index (χ0n) is 16.1. The minimum absolute atomic E-state index is 0.00898. The maximum Gasteiger partial charge on any atom is 0.243 e. The van der Waals surface area contributed by atoms with Gasteiger partial charge in [-0.05, 0) is 42.8 Å². The Morgan fingerprint density at radius 2 is 2.00 bits per heavy atom. The molecular weight excluding hydrogens is 441 g/mol. The van der Waals surface area contributed by atoms with Gasteiger partial charge in [0.25, 0.3) is 0 Å². The maximum atomic E-state index is 14.0. The second-order valence-electron chi connectivity index (χ2n) is 7.06. The Labute approximate surface area is 176 Å². The molecule has 0 bridgehead atoms. The van der Waals surface area contributed by atoms with Gasteiger partial charge in [-0.15, -0.1) is 0 Å². The Kier molecular flexibility index (Phi) is 6.32. The molecule has 2 aromatic carbocycles. The molecule has 0 aromatic heterocycles. The van der Waals surface area contributed by atoms with Crippen LogP contribution in [0.25, 0.3) is 0 Å². The standard InChI is InChI=1S/C21H21BrFN3O3/c1-13-9-15(22)7-8-17(13)24-19(27)12-25(2)21(29)14-10-20(28)26(11-14)18-6-4-3-5-16(18)23/h3-9,14H,10-12H2,1-2H3,(H,24,27). The van der Waals surface area contributed by atoms with Crippen molar-refractivity contribution in [3.05, 3.63) is 58.3 Å². The SMILES string of the molecule is Cc1cc(Br)ccc1NC(=O)CN(C)C(=O)C1CC(=O)N(c2ccccc2F)C1. The van der Waals surface area contributed by atoms with Crippen molar-refractivity contribution in [2.24, 2.45) is 5.92 Å². The van der Waals surface area contributed by atoms with E-state index in [1.807, 2.05) is 19.1 Å². The maximum absolute atomic E-state index is 14.0. The van der Waals surface area contributed by atoms with Crippen molar-refractivity contribution in [1.82, 2.24) is 4.90 Å². The minimum atomic E-state index is -0.616. The van der Waals surface area contributed by atoms with Crippen LogP contribution in [-0.2, 0) is 14.4 Å². The number of para-hydroxylation sites is 1. The number of carbonyl (C=O) groups is 3. The van der Waals surface area contributed by atoms with Crippen molar-refractivity contribution < 1.29 is 18.8 Å². The highest BCUT2D eigenvalue weighted by atomic mass is 79.9. The number of rotatable bonds is 5. The van der Waals surface area contributed by atoms with Crippen molar-refractivity contribution in [2.75, 3.05) is 30.4 Å². The number of amides is 3. The van der Waals surface area contributed by atoms with Crippen molar-refractivity contribution in [3.63, 3.8) is 0 Å². The largest absolute Gasteiger partial charge is 0.336 e. The molecule has 3 rings (SSSR count). The number of hydrogen-bond donors (Lipinski definition) is 1. The Balaban J connectivity index is 1.61. The lowest BCUT2D eigenvalue weighted by Gasteiger charge is -2.21. The number of benzene rings is 2. The molecular formula is C21H21BrFN3O3. The fourth-order valence-corrected chi connectivity index (χ4v) is 3.81. The van der Waals surface area contributed by atoms with Crippen molar-refractivity contribution in [1.29, 1.82) is 0 Å². The number of nitrogens with one attached hydrogen (secondary N) is 1. The summed E-state index contributed by atoms with van der Waals surface area (Å²) in [6, 6.07) is 11.4. The van der Waals surface area contributed by atoms with Gasteiger partial charge in [-0.25, -0.2) is 4.39 Å². The summed E-state index contributed by atoms with van der Waals surface area (Å²) in [4.78, 5) is 39.9. The van der Waals surface area contributed by atoms with Crippen molar-refractivity contribution in [2.45, 2.75) is 13.3 Å². The smallest absolute Gasteiger partial charge is 0.243 e. The molecule has 1 heterocycles. The minimum Gasteiger partial charge on any atom is -0.336 e. The molecule has 3 amide bonds. The van der Waals surface area contributed by atoms with Gasteiger partial charge in [0.05, 0.1) is 18.2 Å². The molecule has 1 atom stereocenters. The van der Waals surface area contributed by atoms with Gasteiger partial charge in [0.15, 0.2) is 0 Å². The van der Waals surface area contributed by atoms with Gasteiger partial charge < -0.3 is 15.1 Å². The Morgan fingerprint density at radius 3 is 2.69 bits per heavy atom. The Hall–Kier alpha value is -2.74. The first-order chi connectivity index (χ1) is 13.8. The molecule has 0 aliphatic carbocycles. The third-order valence-corrected chi connectivity index (χ3v) is 5.33. The zero-order valence-corrected chi connectivity index (χ0v) is 17.7. The summed E-state index contributed by atoms with van der Waals surface area (Å²) in [5.74, 6) is -2.08. The van der Waals surface area contributed by atoms with Crippen LogP contribution >= 0.6 is 15.9 Å². The second kappa shape index (κ2) is 8.73. The highest BCUT2D eigenvalue weighted by Crippen LogP contribution is 2.28. The average molecular weight is 462 g/mol. The lowest BCUT2D eigenvalue weighted by Crippen LogP contribution is -2.39. The quantitative estimate of drug-likeness (QED) is 0.741. The first-order valence-electron chi connectivity index (χ1n) is 9.12. The Morgan fingerprint density at radius 1 is 1.28 bits per heavy atom. The molecule has 0 spiro atoms. The molecule has 0 radical (unpaired) electrons. The predicted octanol–water partition coefficient (Wildman–Crippen LogP) is 3.35. The van der Waals surface area contributed by atoms with Crippen LogP contribution in [0.3, 0.4) is 0 Å². The van der Waals surface area contributed by atoms with E-state index in [2.05, 4.69) is 21.2 Å².